The van der Waals surface area contributed by atoms with Crippen LogP contribution in [0.3, 0.4) is 0 Å². The molecule has 142 valence electrons. The van der Waals surface area contributed by atoms with E-state index in [1.165, 1.54) is 0 Å². The van der Waals surface area contributed by atoms with Gasteiger partial charge in [-0.05, 0) is 44.2 Å². The molecule has 2 aromatic rings. The first-order chi connectivity index (χ1) is 13.1. The van der Waals surface area contributed by atoms with Gasteiger partial charge in [0.1, 0.15) is 4.34 Å². The lowest BCUT2D eigenvalue weighted by Crippen LogP contribution is -2.39. The molecule has 1 fully saturated rings. The highest BCUT2D eigenvalue weighted by molar-refractivity contribution is 8.01. The van der Waals surface area contributed by atoms with Crippen LogP contribution in [0.2, 0.25) is 0 Å². The molecule has 4 rings (SSSR count). The molecule has 27 heavy (non-hydrogen) atoms. The molecule has 0 radical (unpaired) electrons. The van der Waals surface area contributed by atoms with Crippen LogP contribution in [0, 0.1) is 6.92 Å². The fraction of sp³-hybridized carbons (Fsp3) is 0.450. The molecule has 5 nitrogen and oxygen atoms in total. The molecule has 1 aromatic heterocycles. The summed E-state index contributed by atoms with van der Waals surface area (Å²) < 4.78 is 1.15. The van der Waals surface area contributed by atoms with Gasteiger partial charge in [0.25, 0.3) is 5.91 Å². The second-order valence-corrected chi connectivity index (χ2v) is 9.64. The predicted molar refractivity (Wildman–Crippen MR) is 108 cm³/mol. The van der Waals surface area contributed by atoms with Crippen LogP contribution in [0.5, 0.6) is 0 Å². The zero-order valence-electron chi connectivity index (χ0n) is 15.2. The van der Waals surface area contributed by atoms with Crippen LogP contribution in [-0.4, -0.2) is 28.1 Å². The van der Waals surface area contributed by atoms with E-state index in [4.69, 9.17) is 0 Å². The van der Waals surface area contributed by atoms with Crippen molar-refractivity contribution >= 4 is 34.9 Å². The number of benzene rings is 1. The first-order valence-corrected chi connectivity index (χ1v) is 11.1. The van der Waals surface area contributed by atoms with E-state index in [1.807, 2.05) is 43.0 Å². The molecule has 1 aromatic carbocycles. The summed E-state index contributed by atoms with van der Waals surface area (Å²) in [5.41, 5.74) is 2.70. The smallest absolute Gasteiger partial charge is 0.252 e. The number of hydrogen-bond acceptors (Lipinski definition) is 5. The van der Waals surface area contributed by atoms with E-state index in [1.54, 1.807) is 11.3 Å². The van der Waals surface area contributed by atoms with Crippen LogP contribution < -0.4 is 10.6 Å². The topological polar surface area (TPSA) is 71.1 Å². The van der Waals surface area contributed by atoms with E-state index in [-0.39, 0.29) is 23.9 Å². The molecular formula is C20H23N3O2S2. The minimum absolute atomic E-state index is 0.0173. The minimum Gasteiger partial charge on any atom is -0.353 e. The molecule has 0 saturated heterocycles. The Balaban J connectivity index is 1.25. The maximum atomic E-state index is 12.5. The summed E-state index contributed by atoms with van der Waals surface area (Å²) in [6.07, 6.45) is 4.49. The van der Waals surface area contributed by atoms with Crippen LogP contribution in [0.1, 0.15) is 59.8 Å². The van der Waals surface area contributed by atoms with Gasteiger partial charge in [-0.15, -0.1) is 11.3 Å². The zero-order chi connectivity index (χ0) is 18.8. The van der Waals surface area contributed by atoms with Crippen molar-refractivity contribution in [3.8, 4) is 0 Å². The minimum atomic E-state index is -0.214. The summed E-state index contributed by atoms with van der Waals surface area (Å²) in [4.78, 5) is 29.0. The van der Waals surface area contributed by atoms with Crippen molar-refractivity contribution in [2.24, 2.45) is 0 Å². The van der Waals surface area contributed by atoms with Crippen LogP contribution in [0.4, 0.5) is 0 Å². The molecule has 1 unspecified atom stereocenters. The lowest BCUT2D eigenvalue weighted by atomic mass is 9.94. The molecule has 7 heteroatoms. The Morgan fingerprint density at radius 2 is 2.07 bits per heavy atom. The van der Waals surface area contributed by atoms with Gasteiger partial charge in [0.05, 0.1) is 12.5 Å². The van der Waals surface area contributed by atoms with Gasteiger partial charge in [0, 0.05) is 27.9 Å². The maximum absolute atomic E-state index is 12.5. The van der Waals surface area contributed by atoms with Crippen molar-refractivity contribution in [1.82, 2.24) is 15.6 Å². The van der Waals surface area contributed by atoms with Crippen LogP contribution in [-0.2, 0) is 4.79 Å². The van der Waals surface area contributed by atoms with Crippen molar-refractivity contribution in [3.63, 3.8) is 0 Å². The Hall–Kier alpha value is -1.86. The SMILES string of the molecule is Cc1csc(SC2CCC(NC(=O)CC3NC(=O)c4ccccc43)CC2)n1. The van der Waals surface area contributed by atoms with Crippen molar-refractivity contribution in [2.45, 2.75) is 60.7 Å². The Morgan fingerprint density at radius 3 is 2.81 bits per heavy atom. The maximum Gasteiger partial charge on any atom is 0.252 e. The predicted octanol–water partition coefficient (Wildman–Crippen LogP) is 3.85. The number of carbonyl (C=O) groups is 2. The molecule has 1 aliphatic heterocycles. The van der Waals surface area contributed by atoms with Crippen molar-refractivity contribution in [3.05, 3.63) is 46.5 Å². The molecule has 1 aliphatic carbocycles. The van der Waals surface area contributed by atoms with Gasteiger partial charge >= 0.3 is 0 Å². The van der Waals surface area contributed by atoms with Gasteiger partial charge in [-0.2, -0.15) is 0 Å². The lowest BCUT2D eigenvalue weighted by molar-refractivity contribution is -0.122. The zero-order valence-corrected chi connectivity index (χ0v) is 16.9. The number of fused-ring (bicyclic) bond motifs is 1. The Labute approximate surface area is 167 Å². The molecule has 1 atom stereocenters. The second-order valence-electron chi connectivity index (χ2n) is 7.23. The van der Waals surface area contributed by atoms with E-state index in [0.717, 1.165) is 41.3 Å². The number of hydrogen-bond donors (Lipinski definition) is 2. The summed E-state index contributed by atoms with van der Waals surface area (Å²) in [6.45, 7) is 2.03. The largest absolute Gasteiger partial charge is 0.353 e. The molecular weight excluding hydrogens is 378 g/mol. The number of nitrogens with zero attached hydrogens (tertiary/aromatic N) is 1. The van der Waals surface area contributed by atoms with Crippen molar-refractivity contribution in [1.29, 1.82) is 0 Å². The normalized spacial score (nSPS) is 24.3. The average Bonchev–Trinajstić information content (AvgIpc) is 3.20. The monoisotopic (exact) mass is 401 g/mol. The molecule has 2 heterocycles. The van der Waals surface area contributed by atoms with E-state index < -0.39 is 0 Å². The number of thiazole rings is 1. The number of thioether (sulfide) groups is 1. The Morgan fingerprint density at radius 1 is 1.30 bits per heavy atom. The highest BCUT2D eigenvalue weighted by Crippen LogP contribution is 2.35. The van der Waals surface area contributed by atoms with E-state index in [2.05, 4.69) is 21.0 Å². The van der Waals surface area contributed by atoms with Gasteiger partial charge in [-0.25, -0.2) is 4.98 Å². The second kappa shape index (κ2) is 8.02. The van der Waals surface area contributed by atoms with Gasteiger partial charge in [0.15, 0.2) is 0 Å². The number of nitrogens with one attached hydrogen (secondary N) is 2. The molecule has 0 spiro atoms. The fourth-order valence-corrected chi connectivity index (χ4v) is 6.09. The van der Waals surface area contributed by atoms with Gasteiger partial charge < -0.3 is 10.6 Å². The van der Waals surface area contributed by atoms with Crippen LogP contribution in [0.15, 0.2) is 34.0 Å². The van der Waals surface area contributed by atoms with E-state index >= 15 is 0 Å². The quantitative estimate of drug-likeness (QED) is 0.798. The number of carbonyl (C=O) groups excluding carboxylic acids is 2. The summed E-state index contributed by atoms with van der Waals surface area (Å²) >= 11 is 3.59. The first kappa shape index (κ1) is 18.5. The Bertz CT molecular complexity index is 843. The van der Waals surface area contributed by atoms with Crippen LogP contribution >= 0.6 is 23.1 Å². The van der Waals surface area contributed by atoms with Crippen molar-refractivity contribution < 1.29 is 9.59 Å². The highest BCUT2D eigenvalue weighted by Gasteiger charge is 2.30. The van der Waals surface area contributed by atoms with Crippen molar-refractivity contribution in [2.75, 3.05) is 0 Å². The summed E-state index contributed by atoms with van der Waals surface area (Å²) in [5.74, 6) is -0.0676. The molecule has 2 aliphatic rings. The standard InChI is InChI=1S/C20H23N3O2S2/c1-12-11-26-20(21-12)27-14-8-6-13(7-9-14)22-18(24)10-17-15-4-2-3-5-16(15)19(25)23-17/h2-5,11,13-14,17H,6-10H2,1H3,(H,22,24)(H,23,25). The fourth-order valence-electron chi connectivity index (χ4n) is 3.81. The lowest BCUT2D eigenvalue weighted by Gasteiger charge is -2.28. The first-order valence-electron chi connectivity index (χ1n) is 9.36. The summed E-state index contributed by atoms with van der Waals surface area (Å²) in [7, 11) is 0. The number of aryl methyl sites for hydroxylation is 1. The van der Waals surface area contributed by atoms with Gasteiger partial charge in [-0.1, -0.05) is 30.0 Å². The summed E-state index contributed by atoms with van der Waals surface area (Å²) in [6, 6.07) is 7.52. The molecule has 2 N–H and O–H groups in total. The third-order valence-electron chi connectivity index (χ3n) is 5.18. The highest BCUT2D eigenvalue weighted by atomic mass is 32.2. The third kappa shape index (κ3) is 4.35. The summed E-state index contributed by atoms with van der Waals surface area (Å²) in [5, 5.41) is 8.76. The molecule has 1 saturated carbocycles. The van der Waals surface area contributed by atoms with Crippen LogP contribution in [0.25, 0.3) is 0 Å². The number of aromatic nitrogens is 1. The number of rotatable bonds is 5. The molecule has 2 amide bonds. The van der Waals surface area contributed by atoms with E-state index in [0.29, 0.717) is 17.2 Å². The van der Waals surface area contributed by atoms with Gasteiger partial charge in [-0.3, -0.25) is 9.59 Å². The third-order valence-corrected chi connectivity index (χ3v) is 7.61. The number of amides is 2. The Kier molecular flexibility index (Phi) is 5.50. The van der Waals surface area contributed by atoms with Gasteiger partial charge in [0.2, 0.25) is 5.91 Å². The molecule has 0 bridgehead atoms. The average molecular weight is 402 g/mol. The van der Waals surface area contributed by atoms with E-state index in [9.17, 15) is 9.59 Å².